The van der Waals surface area contributed by atoms with Crippen LogP contribution in [0.1, 0.15) is 5.56 Å². The number of thioether (sulfide) groups is 1. The van der Waals surface area contributed by atoms with E-state index < -0.39 is 0 Å². The summed E-state index contributed by atoms with van der Waals surface area (Å²) in [5, 5.41) is 0. The minimum Gasteiger partial charge on any atom is -0.399 e. The first-order chi connectivity index (χ1) is 10.1. The summed E-state index contributed by atoms with van der Waals surface area (Å²) >= 11 is 5.02. The summed E-state index contributed by atoms with van der Waals surface area (Å²) in [5.74, 6) is 0.526. The molecule has 21 heavy (non-hydrogen) atoms. The molecule has 2 rings (SSSR count). The zero-order chi connectivity index (χ0) is 15.2. The average Bonchev–Trinajstić information content (AvgIpc) is 2.48. The number of amides is 1. The first-order valence-electron chi connectivity index (χ1n) is 6.52. The molecule has 0 atom stereocenters. The van der Waals surface area contributed by atoms with Crippen LogP contribution in [-0.4, -0.2) is 23.6 Å². The fourth-order valence-corrected chi connectivity index (χ4v) is 3.04. The Morgan fingerprint density at radius 2 is 1.86 bits per heavy atom. The van der Waals surface area contributed by atoms with Crippen molar-refractivity contribution in [2.45, 2.75) is 11.4 Å². The van der Waals surface area contributed by atoms with E-state index in [2.05, 4.69) is 15.9 Å². The molecule has 2 N–H and O–H groups in total. The van der Waals surface area contributed by atoms with Crippen LogP contribution >= 0.6 is 27.7 Å². The lowest BCUT2D eigenvalue weighted by Crippen LogP contribution is -2.27. The fraction of sp³-hybridized carbons (Fsp3) is 0.188. The van der Waals surface area contributed by atoms with Gasteiger partial charge in [0.25, 0.3) is 0 Å². The van der Waals surface area contributed by atoms with Crippen LogP contribution in [0.2, 0.25) is 0 Å². The molecule has 0 heterocycles. The SMILES string of the molecule is CN(Cc1ccccc1Br)C(=O)CSc1ccc(N)cc1. The highest BCUT2D eigenvalue weighted by Gasteiger charge is 2.11. The summed E-state index contributed by atoms with van der Waals surface area (Å²) in [6.07, 6.45) is 0. The van der Waals surface area contributed by atoms with Gasteiger partial charge < -0.3 is 10.6 Å². The Morgan fingerprint density at radius 3 is 2.52 bits per heavy atom. The van der Waals surface area contributed by atoms with Crippen molar-refractivity contribution >= 4 is 39.3 Å². The van der Waals surface area contributed by atoms with E-state index in [-0.39, 0.29) is 5.91 Å². The van der Waals surface area contributed by atoms with Crippen LogP contribution in [0.25, 0.3) is 0 Å². The number of halogens is 1. The van der Waals surface area contributed by atoms with Crippen LogP contribution in [0.3, 0.4) is 0 Å². The number of benzene rings is 2. The van der Waals surface area contributed by atoms with Crippen molar-refractivity contribution in [3.63, 3.8) is 0 Å². The highest BCUT2D eigenvalue weighted by Crippen LogP contribution is 2.21. The lowest BCUT2D eigenvalue weighted by molar-refractivity contribution is -0.127. The second-order valence-electron chi connectivity index (χ2n) is 4.70. The standard InChI is InChI=1S/C16H17BrN2OS/c1-19(10-12-4-2-3-5-15(12)17)16(20)11-21-14-8-6-13(18)7-9-14/h2-9H,10-11,18H2,1H3. The van der Waals surface area contributed by atoms with Gasteiger partial charge in [-0.3, -0.25) is 4.79 Å². The van der Waals surface area contributed by atoms with E-state index in [4.69, 9.17) is 5.73 Å². The molecule has 0 radical (unpaired) electrons. The second kappa shape index (κ2) is 7.52. The van der Waals surface area contributed by atoms with Crippen molar-refractivity contribution < 1.29 is 4.79 Å². The van der Waals surface area contributed by atoms with Gasteiger partial charge in [-0.15, -0.1) is 11.8 Å². The van der Waals surface area contributed by atoms with Crippen molar-refractivity contribution in [1.82, 2.24) is 4.90 Å². The summed E-state index contributed by atoms with van der Waals surface area (Å²) in [7, 11) is 1.82. The molecule has 0 aliphatic heterocycles. The summed E-state index contributed by atoms with van der Waals surface area (Å²) in [6, 6.07) is 15.5. The second-order valence-corrected chi connectivity index (χ2v) is 6.60. The highest BCUT2D eigenvalue weighted by molar-refractivity contribution is 9.10. The molecule has 2 aromatic carbocycles. The highest BCUT2D eigenvalue weighted by atomic mass is 79.9. The van der Waals surface area contributed by atoms with Gasteiger partial charge in [0.15, 0.2) is 0 Å². The van der Waals surface area contributed by atoms with E-state index in [1.54, 1.807) is 4.90 Å². The molecule has 0 aromatic heterocycles. The van der Waals surface area contributed by atoms with Crippen LogP contribution in [0.5, 0.6) is 0 Å². The predicted octanol–water partition coefficient (Wildman–Crippen LogP) is 3.78. The maximum atomic E-state index is 12.2. The van der Waals surface area contributed by atoms with Crippen molar-refractivity contribution in [3.05, 3.63) is 58.6 Å². The quantitative estimate of drug-likeness (QED) is 0.648. The Bertz CT molecular complexity index is 616. The van der Waals surface area contributed by atoms with Gasteiger partial charge >= 0.3 is 0 Å². The van der Waals surface area contributed by atoms with E-state index in [9.17, 15) is 4.79 Å². The van der Waals surface area contributed by atoms with E-state index in [1.807, 2.05) is 55.6 Å². The molecule has 1 amide bonds. The summed E-state index contributed by atoms with van der Waals surface area (Å²) in [5.41, 5.74) is 7.48. The lowest BCUT2D eigenvalue weighted by Gasteiger charge is -2.18. The van der Waals surface area contributed by atoms with Crippen molar-refractivity contribution in [2.75, 3.05) is 18.5 Å². The molecule has 0 bridgehead atoms. The summed E-state index contributed by atoms with van der Waals surface area (Å²) < 4.78 is 1.02. The first kappa shape index (κ1) is 15.9. The molecule has 0 spiro atoms. The molecule has 0 aliphatic carbocycles. The van der Waals surface area contributed by atoms with Crippen molar-refractivity contribution in [3.8, 4) is 0 Å². The number of anilines is 1. The number of nitrogen functional groups attached to an aromatic ring is 1. The molecular formula is C16H17BrN2OS. The van der Waals surface area contributed by atoms with E-state index >= 15 is 0 Å². The topological polar surface area (TPSA) is 46.3 Å². The Morgan fingerprint density at radius 1 is 1.19 bits per heavy atom. The van der Waals surface area contributed by atoms with Gasteiger partial charge in [0.1, 0.15) is 0 Å². The first-order valence-corrected chi connectivity index (χ1v) is 8.30. The van der Waals surface area contributed by atoms with Crippen LogP contribution in [0.4, 0.5) is 5.69 Å². The predicted molar refractivity (Wildman–Crippen MR) is 92.2 cm³/mol. The van der Waals surface area contributed by atoms with E-state index in [0.29, 0.717) is 12.3 Å². The number of carbonyl (C=O) groups excluding carboxylic acids is 1. The van der Waals surface area contributed by atoms with Gasteiger partial charge in [0.05, 0.1) is 5.75 Å². The molecule has 0 saturated heterocycles. The third-order valence-electron chi connectivity index (χ3n) is 3.03. The van der Waals surface area contributed by atoms with Crippen LogP contribution in [-0.2, 0) is 11.3 Å². The molecule has 5 heteroatoms. The third-order valence-corrected chi connectivity index (χ3v) is 4.80. The minimum absolute atomic E-state index is 0.104. The minimum atomic E-state index is 0.104. The van der Waals surface area contributed by atoms with Crippen LogP contribution in [0, 0.1) is 0 Å². The zero-order valence-electron chi connectivity index (χ0n) is 11.8. The number of carbonyl (C=O) groups is 1. The van der Waals surface area contributed by atoms with Crippen molar-refractivity contribution in [1.29, 1.82) is 0 Å². The molecule has 2 aromatic rings. The Balaban J connectivity index is 1.88. The zero-order valence-corrected chi connectivity index (χ0v) is 14.2. The number of rotatable bonds is 5. The van der Waals surface area contributed by atoms with Gasteiger partial charge in [0.2, 0.25) is 5.91 Å². The van der Waals surface area contributed by atoms with Gasteiger partial charge in [-0.05, 0) is 35.9 Å². The third kappa shape index (κ3) is 4.79. The van der Waals surface area contributed by atoms with Gasteiger partial charge in [0, 0.05) is 28.6 Å². The molecule has 0 unspecified atom stereocenters. The monoisotopic (exact) mass is 364 g/mol. The maximum absolute atomic E-state index is 12.2. The molecule has 0 aliphatic rings. The maximum Gasteiger partial charge on any atom is 0.232 e. The summed E-state index contributed by atoms with van der Waals surface area (Å²) in [6.45, 7) is 0.600. The number of nitrogens with zero attached hydrogens (tertiary/aromatic N) is 1. The van der Waals surface area contributed by atoms with Crippen molar-refractivity contribution in [2.24, 2.45) is 0 Å². The molecule has 0 saturated carbocycles. The number of nitrogens with two attached hydrogens (primary N) is 1. The van der Waals surface area contributed by atoms with E-state index in [1.165, 1.54) is 11.8 Å². The van der Waals surface area contributed by atoms with Crippen LogP contribution < -0.4 is 5.73 Å². The number of hydrogen-bond acceptors (Lipinski definition) is 3. The Labute approximate surface area is 137 Å². The van der Waals surface area contributed by atoms with Gasteiger partial charge in [-0.1, -0.05) is 34.1 Å². The molecule has 3 nitrogen and oxygen atoms in total. The smallest absolute Gasteiger partial charge is 0.232 e. The Hall–Kier alpha value is -1.46. The van der Waals surface area contributed by atoms with Gasteiger partial charge in [-0.2, -0.15) is 0 Å². The lowest BCUT2D eigenvalue weighted by atomic mass is 10.2. The van der Waals surface area contributed by atoms with Crippen LogP contribution in [0.15, 0.2) is 57.9 Å². The van der Waals surface area contributed by atoms with E-state index in [0.717, 1.165) is 20.6 Å². The normalized spacial score (nSPS) is 10.4. The molecule has 110 valence electrons. The Kier molecular flexibility index (Phi) is 5.70. The average molecular weight is 365 g/mol. The molecular weight excluding hydrogens is 348 g/mol. The summed E-state index contributed by atoms with van der Waals surface area (Å²) in [4.78, 5) is 15.0. The van der Waals surface area contributed by atoms with Gasteiger partial charge in [-0.25, -0.2) is 0 Å². The molecule has 0 fully saturated rings. The fourth-order valence-electron chi connectivity index (χ4n) is 1.79. The number of hydrogen-bond donors (Lipinski definition) is 1. The largest absolute Gasteiger partial charge is 0.399 e.